The third-order valence-corrected chi connectivity index (χ3v) is 6.52. The smallest absolute Gasteiger partial charge is 0.387 e. The number of benzene rings is 2. The molecule has 0 radical (unpaired) electrons. The number of unbranched alkanes of at least 4 members (excludes halogenated alkanes) is 5. The van der Waals surface area contributed by atoms with Gasteiger partial charge in [0.05, 0.1) is 0 Å². The standard InChI is InChI=1S/C23H34F2O.C8H7BrF2O/c1-6-7-8-9-10-11-12-20(23(3,4)5)15-13-19-14-16-21(18(2)17-19)26-22(24)25;1-5-4-6(9)2-3-7(5)12-8(10)11/h14,16-17,20,22H,6-12H2,1-5H3;2-4,8H,1H3. The van der Waals surface area contributed by atoms with Crippen LogP contribution in [0, 0.1) is 37.0 Å². The van der Waals surface area contributed by atoms with Crippen molar-refractivity contribution in [3.05, 3.63) is 57.6 Å². The molecule has 0 aliphatic heterocycles. The largest absolute Gasteiger partial charge is 0.435 e. The molecule has 212 valence electrons. The van der Waals surface area contributed by atoms with Gasteiger partial charge in [-0.05, 0) is 73.2 Å². The molecule has 0 spiro atoms. The Morgan fingerprint density at radius 3 is 1.82 bits per heavy atom. The Morgan fingerprint density at radius 1 is 0.789 bits per heavy atom. The van der Waals surface area contributed by atoms with Crippen LogP contribution in [0.4, 0.5) is 17.6 Å². The van der Waals surface area contributed by atoms with Crippen LogP contribution in [0.5, 0.6) is 11.5 Å². The lowest BCUT2D eigenvalue weighted by molar-refractivity contribution is -0.0509. The van der Waals surface area contributed by atoms with Crippen LogP contribution in [0.25, 0.3) is 0 Å². The number of aryl methyl sites for hydroxylation is 2. The highest BCUT2D eigenvalue weighted by Crippen LogP contribution is 2.30. The van der Waals surface area contributed by atoms with Gasteiger partial charge >= 0.3 is 13.2 Å². The van der Waals surface area contributed by atoms with Gasteiger partial charge in [-0.25, -0.2) is 0 Å². The molecule has 2 aromatic rings. The topological polar surface area (TPSA) is 18.5 Å². The lowest BCUT2D eigenvalue weighted by Crippen LogP contribution is -2.18. The third kappa shape index (κ3) is 14.1. The summed E-state index contributed by atoms with van der Waals surface area (Å²) in [6, 6.07) is 10.0. The van der Waals surface area contributed by atoms with Crippen LogP contribution in [-0.2, 0) is 0 Å². The first-order valence-corrected chi connectivity index (χ1v) is 13.9. The Kier molecular flexibility index (Phi) is 15.5. The molecule has 2 nitrogen and oxygen atoms in total. The highest BCUT2D eigenvalue weighted by molar-refractivity contribution is 9.10. The van der Waals surface area contributed by atoms with Crippen molar-refractivity contribution in [3.8, 4) is 23.3 Å². The Hall–Kier alpha value is -2.20. The van der Waals surface area contributed by atoms with E-state index in [0.29, 0.717) is 17.0 Å². The van der Waals surface area contributed by atoms with E-state index in [-0.39, 0.29) is 16.9 Å². The van der Waals surface area contributed by atoms with Gasteiger partial charge in [-0.3, -0.25) is 0 Å². The van der Waals surface area contributed by atoms with Gasteiger partial charge in [0.15, 0.2) is 0 Å². The Morgan fingerprint density at radius 2 is 1.32 bits per heavy atom. The Labute approximate surface area is 234 Å². The summed E-state index contributed by atoms with van der Waals surface area (Å²) >= 11 is 3.22. The first-order valence-electron chi connectivity index (χ1n) is 13.1. The normalized spacial score (nSPS) is 11.9. The molecule has 0 aliphatic carbocycles. The summed E-state index contributed by atoms with van der Waals surface area (Å²) in [6.07, 6.45) is 8.82. The average Bonchev–Trinajstić information content (AvgIpc) is 2.80. The van der Waals surface area contributed by atoms with E-state index in [1.165, 1.54) is 44.6 Å². The molecular weight excluding hydrogens is 560 g/mol. The Balaban J connectivity index is 0.000000499. The lowest BCUT2D eigenvalue weighted by atomic mass is 9.78. The van der Waals surface area contributed by atoms with Crippen molar-refractivity contribution in [3.63, 3.8) is 0 Å². The quantitative estimate of drug-likeness (QED) is 0.145. The van der Waals surface area contributed by atoms with Crippen LogP contribution in [-0.4, -0.2) is 13.2 Å². The van der Waals surface area contributed by atoms with Gasteiger partial charge < -0.3 is 9.47 Å². The molecule has 7 heteroatoms. The second-order valence-electron chi connectivity index (χ2n) is 10.4. The van der Waals surface area contributed by atoms with Crippen molar-refractivity contribution in [1.82, 2.24) is 0 Å². The zero-order valence-electron chi connectivity index (χ0n) is 23.4. The molecule has 1 atom stereocenters. The van der Waals surface area contributed by atoms with Gasteiger partial charge in [0.25, 0.3) is 0 Å². The number of alkyl halides is 4. The fourth-order valence-electron chi connectivity index (χ4n) is 3.82. The van der Waals surface area contributed by atoms with E-state index in [1.54, 1.807) is 38.1 Å². The van der Waals surface area contributed by atoms with E-state index in [1.807, 2.05) is 6.07 Å². The van der Waals surface area contributed by atoms with Crippen LogP contribution in [0.3, 0.4) is 0 Å². The summed E-state index contributed by atoms with van der Waals surface area (Å²) in [5.41, 5.74) is 2.34. The molecule has 0 fully saturated rings. The number of rotatable bonds is 11. The van der Waals surface area contributed by atoms with Crippen LogP contribution >= 0.6 is 15.9 Å². The van der Waals surface area contributed by atoms with Gasteiger partial charge in [-0.15, -0.1) is 0 Å². The lowest BCUT2D eigenvalue weighted by Gasteiger charge is -2.26. The van der Waals surface area contributed by atoms with E-state index in [4.69, 9.17) is 0 Å². The molecule has 0 heterocycles. The highest BCUT2D eigenvalue weighted by atomic mass is 79.9. The SMILES string of the molecule is CCCCCCCCC(C#Cc1ccc(OC(F)F)c(C)c1)C(C)(C)C.Cc1cc(Br)ccc1OC(F)F. The molecule has 0 aromatic heterocycles. The molecule has 2 aromatic carbocycles. The van der Waals surface area contributed by atoms with E-state index < -0.39 is 13.2 Å². The number of ether oxygens (including phenoxy) is 2. The van der Waals surface area contributed by atoms with Gasteiger partial charge in [-0.1, -0.05) is 94.0 Å². The highest BCUT2D eigenvalue weighted by Gasteiger charge is 2.22. The molecule has 0 amide bonds. The molecule has 0 saturated heterocycles. The van der Waals surface area contributed by atoms with Crippen molar-refractivity contribution in [2.24, 2.45) is 11.3 Å². The van der Waals surface area contributed by atoms with Crippen LogP contribution in [0.15, 0.2) is 40.9 Å². The van der Waals surface area contributed by atoms with Crippen molar-refractivity contribution in [2.45, 2.75) is 99.7 Å². The summed E-state index contributed by atoms with van der Waals surface area (Å²) in [5.74, 6) is 7.42. The van der Waals surface area contributed by atoms with Gasteiger partial charge in [0.1, 0.15) is 11.5 Å². The minimum absolute atomic E-state index is 0.129. The fourth-order valence-corrected chi connectivity index (χ4v) is 4.29. The maximum absolute atomic E-state index is 12.4. The number of hydrogen-bond donors (Lipinski definition) is 0. The summed E-state index contributed by atoms with van der Waals surface area (Å²) in [6.45, 7) is 6.84. The third-order valence-electron chi connectivity index (χ3n) is 6.03. The molecule has 1 unspecified atom stereocenters. The molecule has 0 saturated carbocycles. The van der Waals surface area contributed by atoms with Crippen molar-refractivity contribution < 1.29 is 27.0 Å². The van der Waals surface area contributed by atoms with Crippen LogP contribution < -0.4 is 9.47 Å². The van der Waals surface area contributed by atoms with E-state index in [9.17, 15) is 17.6 Å². The monoisotopic (exact) mass is 600 g/mol. The molecule has 38 heavy (non-hydrogen) atoms. The maximum atomic E-state index is 12.4. The van der Waals surface area contributed by atoms with E-state index in [2.05, 4.69) is 64.9 Å². The zero-order chi connectivity index (χ0) is 28.7. The van der Waals surface area contributed by atoms with Crippen molar-refractivity contribution in [2.75, 3.05) is 0 Å². The van der Waals surface area contributed by atoms with E-state index in [0.717, 1.165) is 16.5 Å². The van der Waals surface area contributed by atoms with Crippen LogP contribution in [0.1, 0.15) is 89.3 Å². The first kappa shape index (κ1) is 33.8. The number of halogens is 5. The molecule has 0 bridgehead atoms. The van der Waals surface area contributed by atoms with Crippen LogP contribution in [0.2, 0.25) is 0 Å². The molecule has 0 N–H and O–H groups in total. The average molecular weight is 602 g/mol. The fraction of sp³-hybridized carbons (Fsp3) is 0.548. The summed E-state index contributed by atoms with van der Waals surface area (Å²) in [4.78, 5) is 0. The zero-order valence-corrected chi connectivity index (χ0v) is 24.9. The van der Waals surface area contributed by atoms with Gasteiger partial charge in [-0.2, -0.15) is 17.6 Å². The second kappa shape index (κ2) is 17.4. The van der Waals surface area contributed by atoms with Gasteiger partial charge in [0, 0.05) is 16.0 Å². The van der Waals surface area contributed by atoms with Crippen molar-refractivity contribution >= 4 is 15.9 Å². The summed E-state index contributed by atoms with van der Waals surface area (Å²) in [5, 5.41) is 0. The minimum Gasteiger partial charge on any atom is -0.435 e. The molecule has 2 rings (SSSR count). The van der Waals surface area contributed by atoms with Gasteiger partial charge in [0.2, 0.25) is 0 Å². The summed E-state index contributed by atoms with van der Waals surface area (Å²) in [7, 11) is 0. The number of hydrogen-bond acceptors (Lipinski definition) is 2. The Bertz CT molecular complexity index is 1020. The first-order chi connectivity index (χ1) is 17.8. The minimum atomic E-state index is -2.80. The maximum Gasteiger partial charge on any atom is 0.387 e. The molecular formula is C31H41BrF4O2. The predicted octanol–water partition coefficient (Wildman–Crippen LogP) is 10.7. The van der Waals surface area contributed by atoms with E-state index >= 15 is 0 Å². The summed E-state index contributed by atoms with van der Waals surface area (Å²) < 4.78 is 57.8. The predicted molar refractivity (Wildman–Crippen MR) is 151 cm³/mol. The van der Waals surface area contributed by atoms with Crippen molar-refractivity contribution in [1.29, 1.82) is 0 Å². The second-order valence-corrected chi connectivity index (χ2v) is 11.3. The molecule has 0 aliphatic rings.